The highest BCUT2D eigenvalue weighted by Crippen LogP contribution is 2.47. The van der Waals surface area contributed by atoms with Gasteiger partial charge in [-0.2, -0.15) is 4.84 Å². The van der Waals surface area contributed by atoms with Gasteiger partial charge in [0.1, 0.15) is 32.0 Å². The monoisotopic (exact) mass is 883 g/mol. The summed E-state index contributed by atoms with van der Waals surface area (Å²) in [4.78, 5) is 68.6. The molecule has 17 nitrogen and oxygen atoms in total. The lowest BCUT2D eigenvalue weighted by Gasteiger charge is -2.47. The van der Waals surface area contributed by atoms with Crippen LogP contribution in [0.2, 0.25) is 0 Å². The Balaban J connectivity index is 1.15. The molecule has 0 saturated heterocycles. The highest BCUT2D eigenvalue weighted by molar-refractivity contribution is 5.89. The Kier molecular flexibility index (Phi) is 18.2. The fourth-order valence-corrected chi connectivity index (χ4v) is 9.35. The number of ether oxygens (including phenoxy) is 5. The Labute approximate surface area is 371 Å². The van der Waals surface area contributed by atoms with Crippen LogP contribution < -0.4 is 26.7 Å². The average molecular weight is 884 g/mol. The van der Waals surface area contributed by atoms with E-state index >= 15 is 0 Å². The summed E-state index contributed by atoms with van der Waals surface area (Å²) in [5.41, 5.74) is 2.59. The lowest BCUT2D eigenvalue weighted by molar-refractivity contribution is -1.09. The average Bonchev–Trinajstić information content (AvgIpc) is 3.19. The number of benzene rings is 2. The van der Waals surface area contributed by atoms with E-state index < -0.39 is 53.9 Å². The van der Waals surface area contributed by atoms with E-state index in [9.17, 15) is 29.2 Å². The number of hydrogen-bond acceptors (Lipinski definition) is 13. The molecule has 0 bridgehead atoms. The molecular formula is C46H69N5O12. The molecule has 2 saturated carbocycles. The topological polar surface area (TPSA) is 216 Å². The van der Waals surface area contributed by atoms with Gasteiger partial charge in [-0.1, -0.05) is 77.9 Å². The van der Waals surface area contributed by atoms with Crippen molar-refractivity contribution in [2.75, 3.05) is 32.9 Å². The number of nitrogens with one attached hydrogen (secondary N) is 5. The third-order valence-electron chi connectivity index (χ3n) is 11.1. The Morgan fingerprint density at radius 3 is 1.54 bits per heavy atom. The minimum Gasteiger partial charge on any atom is -0.579 e. The second kappa shape index (κ2) is 22.6. The molecular weight excluding hydrogens is 815 g/mol. The van der Waals surface area contributed by atoms with Crippen molar-refractivity contribution in [3.05, 3.63) is 77.0 Å². The summed E-state index contributed by atoms with van der Waals surface area (Å²) < 4.78 is 27.0. The largest absolute Gasteiger partial charge is 0.579 e. The van der Waals surface area contributed by atoms with Gasteiger partial charge in [-0.15, -0.1) is 10.8 Å². The van der Waals surface area contributed by atoms with Crippen molar-refractivity contribution in [1.29, 1.82) is 0 Å². The molecule has 63 heavy (non-hydrogen) atoms. The first-order valence-corrected chi connectivity index (χ1v) is 21.8. The number of hydrogen-bond donors (Lipinski definition) is 5. The fourth-order valence-electron chi connectivity index (χ4n) is 9.35. The normalized spacial score (nSPS) is 24.5. The van der Waals surface area contributed by atoms with Crippen LogP contribution in [-0.4, -0.2) is 93.5 Å². The maximum absolute atomic E-state index is 13.0. The number of alkyl carbamates (subject to hydrolysis) is 3. The zero-order valence-corrected chi connectivity index (χ0v) is 38.3. The second-order valence-electron chi connectivity index (χ2n) is 19.7. The predicted molar refractivity (Wildman–Crippen MR) is 233 cm³/mol. The van der Waals surface area contributed by atoms with E-state index in [1.54, 1.807) is 81.4 Å². The van der Waals surface area contributed by atoms with E-state index in [1.165, 1.54) is 0 Å². The molecule has 2 aliphatic rings. The quantitative estimate of drug-likeness (QED) is 0.0620. The van der Waals surface area contributed by atoms with Crippen LogP contribution in [0.15, 0.2) is 60.7 Å². The maximum atomic E-state index is 13.0. The van der Waals surface area contributed by atoms with E-state index in [1.807, 2.05) is 13.8 Å². The summed E-state index contributed by atoms with van der Waals surface area (Å²) in [7, 11) is 0. The van der Waals surface area contributed by atoms with Gasteiger partial charge >= 0.3 is 30.2 Å². The lowest BCUT2D eigenvalue weighted by atomic mass is 9.62. The van der Waals surface area contributed by atoms with Gasteiger partial charge in [0.15, 0.2) is 6.10 Å². The van der Waals surface area contributed by atoms with Gasteiger partial charge in [-0.3, -0.25) is 0 Å². The molecule has 0 spiro atoms. The molecule has 2 aliphatic carbocycles. The van der Waals surface area contributed by atoms with Gasteiger partial charge in [0.2, 0.25) is 0 Å². The number of carbonyl (C=O) groups excluding carboxylic acids is 5. The smallest absolute Gasteiger partial charge is 0.407 e. The molecule has 0 radical (unpaired) electrons. The molecule has 0 aliphatic heterocycles. The van der Waals surface area contributed by atoms with Gasteiger partial charge in [0.25, 0.3) is 0 Å². The van der Waals surface area contributed by atoms with Crippen molar-refractivity contribution in [2.24, 2.45) is 21.7 Å². The molecule has 2 aromatic rings. The standard InChI is InChI=1S/C46H69N5O12/c1-31(24-58-38(52)34-16-12-10-13-17-34)61-40(54)47-29-45(8)22-36(20-43(4,5)27-45)49-41(55)60-25-32(2)62-42(56)50-37-21-44(6,7)28-46(9,23-37)30-48-51(57)63-33(3)26-59-39(53)35-18-14-11-15-19-35/h10-19,31-33,36-37,48,51H,20-30H2,1-9H3,(H,47,54)(H,49,55)(H,50,56). The van der Waals surface area contributed by atoms with Crippen LogP contribution in [0.5, 0.6) is 0 Å². The summed E-state index contributed by atoms with van der Waals surface area (Å²) in [5, 5.41) is 20.8. The Bertz CT molecular complexity index is 1820. The molecule has 17 heteroatoms. The van der Waals surface area contributed by atoms with Crippen LogP contribution in [0.3, 0.4) is 0 Å². The van der Waals surface area contributed by atoms with Gasteiger partial charge in [-0.25, -0.2) is 24.0 Å². The van der Waals surface area contributed by atoms with Crippen LogP contribution >= 0.6 is 0 Å². The highest BCUT2D eigenvalue weighted by Gasteiger charge is 2.44. The third-order valence-corrected chi connectivity index (χ3v) is 11.1. The molecule has 2 fully saturated rings. The number of quaternary nitrogens is 1. The fraction of sp³-hybridized carbons (Fsp3) is 0.630. The molecule has 350 valence electrons. The molecule has 2 aromatic carbocycles. The summed E-state index contributed by atoms with van der Waals surface area (Å²) >= 11 is 0. The zero-order valence-electron chi connectivity index (χ0n) is 38.3. The molecule has 0 aromatic heterocycles. The van der Waals surface area contributed by atoms with Crippen molar-refractivity contribution in [3.63, 3.8) is 0 Å². The Hall–Kier alpha value is -4.97. The second-order valence-corrected chi connectivity index (χ2v) is 19.7. The lowest BCUT2D eigenvalue weighted by Crippen LogP contribution is -3.14. The number of amides is 3. The van der Waals surface area contributed by atoms with E-state index in [2.05, 4.69) is 49.1 Å². The van der Waals surface area contributed by atoms with Crippen LogP contribution in [0, 0.1) is 26.9 Å². The number of esters is 2. The van der Waals surface area contributed by atoms with Gasteiger partial charge in [0, 0.05) is 18.6 Å². The predicted octanol–water partition coefficient (Wildman–Crippen LogP) is 6.03. The van der Waals surface area contributed by atoms with E-state index in [0.717, 1.165) is 12.8 Å². The maximum Gasteiger partial charge on any atom is 0.407 e. The van der Waals surface area contributed by atoms with Crippen LogP contribution in [0.1, 0.15) is 122 Å². The SMILES string of the molecule is CC(COC(=O)c1ccccc1)OC(=O)NCC1(C)CC(NC(=O)OCC(C)OC(=O)NC2CC(C)(C)CC(C)(CN[NH+]([O-])OC(C)COC(=O)c3ccccc3)C2)CC(C)(C)C1. The van der Waals surface area contributed by atoms with E-state index in [0.29, 0.717) is 49.9 Å². The van der Waals surface area contributed by atoms with Crippen molar-refractivity contribution in [3.8, 4) is 0 Å². The zero-order chi connectivity index (χ0) is 46.4. The van der Waals surface area contributed by atoms with Crippen molar-refractivity contribution >= 4 is 30.2 Å². The van der Waals surface area contributed by atoms with Crippen molar-refractivity contribution in [2.45, 2.75) is 131 Å². The molecule has 5 N–H and O–H groups in total. The van der Waals surface area contributed by atoms with Crippen LogP contribution in [0.4, 0.5) is 14.4 Å². The highest BCUT2D eigenvalue weighted by atomic mass is 16.9. The molecule has 4 rings (SSSR count). The minimum atomic E-state index is -0.739. The van der Waals surface area contributed by atoms with Crippen LogP contribution in [0.25, 0.3) is 0 Å². The first kappa shape index (κ1) is 50.7. The first-order valence-electron chi connectivity index (χ1n) is 21.8. The number of carbonyl (C=O) groups is 5. The third kappa shape index (κ3) is 18.0. The van der Waals surface area contributed by atoms with E-state index in [-0.39, 0.29) is 53.6 Å². The minimum absolute atomic E-state index is 0.0915. The Morgan fingerprint density at radius 1 is 0.603 bits per heavy atom. The molecule has 8 unspecified atom stereocenters. The Morgan fingerprint density at radius 2 is 1.03 bits per heavy atom. The molecule has 0 heterocycles. The van der Waals surface area contributed by atoms with E-state index in [4.69, 9.17) is 28.5 Å². The van der Waals surface area contributed by atoms with Gasteiger partial charge in [0.05, 0.1) is 17.7 Å². The summed E-state index contributed by atoms with van der Waals surface area (Å²) in [6.07, 6.45) is 0.120. The van der Waals surface area contributed by atoms with Gasteiger partial charge in [-0.05, 0) is 105 Å². The number of rotatable bonds is 19. The van der Waals surface area contributed by atoms with Crippen LogP contribution in [-0.2, 0) is 28.5 Å². The first-order chi connectivity index (χ1) is 29.5. The molecule has 3 amide bonds. The summed E-state index contributed by atoms with van der Waals surface area (Å²) in [6.45, 7) is 17.7. The van der Waals surface area contributed by atoms with Crippen molar-refractivity contribution in [1.82, 2.24) is 21.4 Å². The summed E-state index contributed by atoms with van der Waals surface area (Å²) in [5.74, 6) is -1.00. The van der Waals surface area contributed by atoms with Crippen molar-refractivity contribution < 1.29 is 57.8 Å². The van der Waals surface area contributed by atoms with Gasteiger partial charge < -0.3 is 44.8 Å². The molecule has 8 atom stereocenters. The summed E-state index contributed by atoms with van der Waals surface area (Å²) in [6, 6.07) is 16.6.